The van der Waals surface area contributed by atoms with Crippen LogP contribution in [0.4, 0.5) is 0 Å². The molecule has 1 nitrogen and oxygen atoms in total. The summed E-state index contributed by atoms with van der Waals surface area (Å²) in [7, 11) is 0. The first-order chi connectivity index (χ1) is 17.2. The van der Waals surface area contributed by atoms with Crippen LogP contribution in [-0.2, 0) is 0 Å². The van der Waals surface area contributed by atoms with Gasteiger partial charge in [-0.05, 0) is 123 Å². The van der Waals surface area contributed by atoms with Crippen LogP contribution in [-0.4, -0.2) is 0 Å². The van der Waals surface area contributed by atoms with Gasteiger partial charge in [-0.15, -0.1) is 0 Å². The first-order valence-corrected chi connectivity index (χ1v) is 14.6. The quantitative estimate of drug-likeness (QED) is 0.392. The first-order valence-electron chi connectivity index (χ1n) is 14.6. The summed E-state index contributed by atoms with van der Waals surface area (Å²) in [4.78, 5) is 0. The summed E-state index contributed by atoms with van der Waals surface area (Å²) in [5.41, 5.74) is 12.9. The molecule has 1 heterocycles. The molecule has 0 spiro atoms. The Hall–Kier alpha value is -2.28. The predicted octanol–water partition coefficient (Wildman–Crippen LogP) is 10.7. The molecular weight excluding hydrogens is 434 g/mol. The van der Waals surface area contributed by atoms with E-state index in [1.807, 2.05) is 0 Å². The maximum atomic E-state index is 4.13. The third-order valence-electron chi connectivity index (χ3n) is 8.18. The van der Waals surface area contributed by atoms with Crippen molar-refractivity contribution in [2.24, 2.45) is 0 Å². The lowest BCUT2D eigenvalue weighted by molar-refractivity contribution is 0.560. The highest BCUT2D eigenvalue weighted by molar-refractivity contribution is 5.66. The molecule has 1 aliphatic carbocycles. The average molecular weight is 486 g/mol. The summed E-state index contributed by atoms with van der Waals surface area (Å²) in [6, 6.07) is 14.5. The molecule has 2 aromatic rings. The van der Waals surface area contributed by atoms with Crippen LogP contribution in [0.15, 0.2) is 54.2 Å². The van der Waals surface area contributed by atoms with Crippen LogP contribution in [0.3, 0.4) is 0 Å². The topological polar surface area (TPSA) is 12.0 Å². The minimum Gasteiger partial charge on any atom is -0.381 e. The lowest BCUT2D eigenvalue weighted by Crippen LogP contribution is -2.16. The minimum absolute atomic E-state index is 0.483. The van der Waals surface area contributed by atoms with Gasteiger partial charge in [-0.3, -0.25) is 0 Å². The smallest absolute Gasteiger partial charge is 0.0551 e. The van der Waals surface area contributed by atoms with E-state index >= 15 is 0 Å². The van der Waals surface area contributed by atoms with Gasteiger partial charge in [-0.1, -0.05) is 83.0 Å². The third-order valence-corrected chi connectivity index (χ3v) is 8.18. The van der Waals surface area contributed by atoms with Crippen molar-refractivity contribution in [3.63, 3.8) is 0 Å². The number of aryl methyl sites for hydroxylation is 2. The fourth-order valence-corrected chi connectivity index (χ4v) is 6.09. The Balaban J connectivity index is 0.000000207. The molecule has 1 unspecified atom stereocenters. The van der Waals surface area contributed by atoms with Crippen molar-refractivity contribution in [2.75, 3.05) is 0 Å². The molecule has 0 saturated heterocycles. The van der Waals surface area contributed by atoms with Crippen LogP contribution >= 0.6 is 0 Å². The number of benzene rings is 2. The van der Waals surface area contributed by atoms with Gasteiger partial charge in [0.2, 0.25) is 0 Å². The Morgan fingerprint density at radius 3 is 2.08 bits per heavy atom. The van der Waals surface area contributed by atoms with Crippen molar-refractivity contribution in [3.05, 3.63) is 87.6 Å². The molecule has 0 radical (unpaired) electrons. The highest BCUT2D eigenvalue weighted by Crippen LogP contribution is 2.39. The second-order valence-electron chi connectivity index (χ2n) is 11.6. The summed E-state index contributed by atoms with van der Waals surface area (Å²) < 4.78 is 0. The molecule has 0 bridgehead atoms. The van der Waals surface area contributed by atoms with E-state index in [4.69, 9.17) is 0 Å². The Morgan fingerprint density at radius 2 is 1.53 bits per heavy atom. The molecule has 2 aliphatic rings. The van der Waals surface area contributed by atoms with E-state index in [1.54, 1.807) is 5.57 Å². The van der Waals surface area contributed by atoms with Crippen LogP contribution in [0.5, 0.6) is 0 Å². The van der Waals surface area contributed by atoms with Gasteiger partial charge in [0.25, 0.3) is 0 Å². The summed E-state index contributed by atoms with van der Waals surface area (Å²) in [5, 5.41) is 3.79. The van der Waals surface area contributed by atoms with Crippen molar-refractivity contribution >= 4 is 5.57 Å². The van der Waals surface area contributed by atoms with Crippen molar-refractivity contribution in [2.45, 2.75) is 124 Å². The van der Waals surface area contributed by atoms with Gasteiger partial charge in [0.1, 0.15) is 0 Å². The summed E-state index contributed by atoms with van der Waals surface area (Å²) >= 11 is 0. The van der Waals surface area contributed by atoms with Gasteiger partial charge in [-0.25, -0.2) is 0 Å². The van der Waals surface area contributed by atoms with Gasteiger partial charge in [0, 0.05) is 5.70 Å². The van der Waals surface area contributed by atoms with E-state index in [0.29, 0.717) is 12.0 Å². The first kappa shape index (κ1) is 28.3. The van der Waals surface area contributed by atoms with Gasteiger partial charge in [0.15, 0.2) is 0 Å². The third kappa shape index (κ3) is 7.15. The van der Waals surface area contributed by atoms with Crippen LogP contribution in [0.1, 0.15) is 144 Å². The Kier molecular flexibility index (Phi) is 10.5. The molecule has 4 rings (SSSR count). The van der Waals surface area contributed by atoms with Gasteiger partial charge < -0.3 is 5.32 Å². The number of hydrogen-bond acceptors (Lipinski definition) is 1. The van der Waals surface area contributed by atoms with Crippen molar-refractivity contribution in [1.29, 1.82) is 0 Å². The molecule has 1 aliphatic heterocycles. The molecule has 0 amide bonds. The van der Waals surface area contributed by atoms with E-state index in [1.165, 1.54) is 102 Å². The van der Waals surface area contributed by atoms with Gasteiger partial charge in [0.05, 0.1) is 6.04 Å². The summed E-state index contributed by atoms with van der Waals surface area (Å²) in [6.45, 7) is 19.7. The Morgan fingerprint density at radius 1 is 0.917 bits per heavy atom. The fraction of sp³-hybridized carbons (Fsp3) is 0.543. The average Bonchev–Trinajstić information content (AvgIpc) is 3.28. The second kappa shape index (κ2) is 13.3. The zero-order valence-corrected chi connectivity index (χ0v) is 24.3. The molecule has 2 aromatic carbocycles. The van der Waals surface area contributed by atoms with E-state index in [9.17, 15) is 0 Å². The van der Waals surface area contributed by atoms with Crippen molar-refractivity contribution in [3.8, 4) is 0 Å². The molecular formula is C35H51N. The molecule has 1 atom stereocenters. The molecule has 0 saturated carbocycles. The van der Waals surface area contributed by atoms with Crippen LogP contribution in [0.25, 0.3) is 5.57 Å². The zero-order valence-electron chi connectivity index (χ0n) is 24.3. The molecule has 196 valence electrons. The van der Waals surface area contributed by atoms with Crippen LogP contribution in [0.2, 0.25) is 0 Å². The summed E-state index contributed by atoms with van der Waals surface area (Å²) in [5.74, 6) is 1.42. The normalized spacial score (nSPS) is 17.1. The van der Waals surface area contributed by atoms with E-state index < -0.39 is 0 Å². The Bertz CT molecular complexity index is 1010. The van der Waals surface area contributed by atoms with Crippen LogP contribution < -0.4 is 5.32 Å². The SMILES string of the molecule is C=C(C)c1cc(C2CC3=C(CCCC3)N2)c(C)cc1C.CCCC(CCC)c1ccc(C(C)C)cc1. The molecule has 0 aromatic heterocycles. The van der Waals surface area contributed by atoms with E-state index in [0.717, 1.165) is 5.92 Å². The van der Waals surface area contributed by atoms with Crippen LogP contribution in [0, 0.1) is 13.8 Å². The molecule has 1 N–H and O–H groups in total. The molecule has 1 heteroatoms. The number of hydrogen-bond donors (Lipinski definition) is 1. The largest absolute Gasteiger partial charge is 0.381 e. The van der Waals surface area contributed by atoms with Crippen molar-refractivity contribution in [1.82, 2.24) is 5.32 Å². The highest BCUT2D eigenvalue weighted by Gasteiger charge is 2.27. The Labute approximate surface area is 222 Å². The molecule has 36 heavy (non-hydrogen) atoms. The highest BCUT2D eigenvalue weighted by atomic mass is 15.0. The lowest BCUT2D eigenvalue weighted by atomic mass is 9.89. The van der Waals surface area contributed by atoms with E-state index in [-0.39, 0.29) is 0 Å². The predicted molar refractivity (Wildman–Crippen MR) is 160 cm³/mol. The number of nitrogens with one attached hydrogen (secondary N) is 1. The minimum atomic E-state index is 0.483. The van der Waals surface area contributed by atoms with E-state index in [2.05, 4.69) is 96.8 Å². The fourth-order valence-electron chi connectivity index (χ4n) is 6.09. The van der Waals surface area contributed by atoms with Gasteiger partial charge >= 0.3 is 0 Å². The lowest BCUT2D eigenvalue weighted by Gasteiger charge is -2.19. The maximum Gasteiger partial charge on any atom is 0.0551 e. The zero-order chi connectivity index (χ0) is 26.2. The number of rotatable bonds is 8. The summed E-state index contributed by atoms with van der Waals surface area (Å²) in [6.07, 6.45) is 11.7. The monoisotopic (exact) mass is 485 g/mol. The van der Waals surface area contributed by atoms with Crippen molar-refractivity contribution < 1.29 is 0 Å². The number of allylic oxidation sites excluding steroid dienone is 2. The second-order valence-corrected chi connectivity index (χ2v) is 11.6. The standard InChI is InChI=1S/C19H25N.C16H26/c1-12(2)16-11-17(14(4)9-13(16)3)19-10-15-7-5-6-8-18(15)20-19;1-5-7-15(8-6-2)16-11-9-14(10-12-16)13(3)4/h9,11,19-20H,1,5-8,10H2,2-4H3;9-13,15H,5-8H2,1-4H3. The molecule has 0 fully saturated rings. The van der Waals surface area contributed by atoms with Gasteiger partial charge in [-0.2, -0.15) is 0 Å². The maximum absolute atomic E-state index is 4.13.